The van der Waals surface area contributed by atoms with Gasteiger partial charge in [-0.15, -0.1) is 0 Å². The Morgan fingerprint density at radius 2 is 2.15 bits per heavy atom. The number of benzene rings is 1. The van der Waals surface area contributed by atoms with Gasteiger partial charge in [0, 0.05) is 16.5 Å². The van der Waals surface area contributed by atoms with E-state index in [-0.39, 0.29) is 17.2 Å². The molecule has 2 N–H and O–H groups in total. The number of ether oxygens (including phenoxy) is 1. The van der Waals surface area contributed by atoms with Crippen molar-refractivity contribution in [1.82, 2.24) is 0 Å². The van der Waals surface area contributed by atoms with Gasteiger partial charge in [0.1, 0.15) is 0 Å². The maximum Gasteiger partial charge on any atom is 0.387 e. The van der Waals surface area contributed by atoms with E-state index in [0.29, 0.717) is 21.6 Å². The van der Waals surface area contributed by atoms with Crippen LogP contribution in [0, 0.1) is 5.41 Å². The minimum absolute atomic E-state index is 0.0154. The second-order valence-electron chi connectivity index (χ2n) is 5.41. The molecule has 0 aromatic heterocycles. The van der Waals surface area contributed by atoms with Gasteiger partial charge in [-0.25, -0.2) is 0 Å². The quantitative estimate of drug-likeness (QED) is 0.831. The zero-order chi connectivity index (χ0) is 15.1. The first kappa shape index (κ1) is 15.8. The average molecular weight is 371 g/mol. The number of halogens is 4. The molecule has 0 heterocycles. The second kappa shape index (κ2) is 5.66. The lowest BCUT2D eigenvalue weighted by Gasteiger charge is -2.50. The van der Waals surface area contributed by atoms with Crippen LogP contribution in [0.5, 0.6) is 5.75 Å². The van der Waals surface area contributed by atoms with E-state index < -0.39 is 12.7 Å². The van der Waals surface area contributed by atoms with Crippen LogP contribution < -0.4 is 10.1 Å². The standard InChI is InChI=1S/C13H15BrClF2NO2/c1-13(2)9(5-10(13)19)18-8-4-6(15)3-7(14)11(8)20-12(16)17/h3-4,9-10,12,18-19H,5H2,1-2H3. The van der Waals surface area contributed by atoms with Crippen LogP contribution in [-0.2, 0) is 0 Å². The first-order valence-corrected chi connectivity index (χ1v) is 7.27. The summed E-state index contributed by atoms with van der Waals surface area (Å²) in [6.45, 7) is 0.894. The maximum absolute atomic E-state index is 12.5. The topological polar surface area (TPSA) is 41.5 Å². The molecule has 3 nitrogen and oxygen atoms in total. The van der Waals surface area contributed by atoms with E-state index in [1.807, 2.05) is 13.8 Å². The van der Waals surface area contributed by atoms with Gasteiger partial charge >= 0.3 is 6.61 Å². The molecule has 112 valence electrons. The van der Waals surface area contributed by atoms with Crippen molar-refractivity contribution in [3.8, 4) is 5.75 Å². The van der Waals surface area contributed by atoms with Crippen LogP contribution in [0.4, 0.5) is 14.5 Å². The Kier molecular flexibility index (Phi) is 4.47. The Hall–Kier alpha value is -0.590. The lowest BCUT2D eigenvalue weighted by atomic mass is 9.64. The number of anilines is 1. The van der Waals surface area contributed by atoms with Gasteiger partial charge in [0.2, 0.25) is 0 Å². The summed E-state index contributed by atoms with van der Waals surface area (Å²) in [5, 5.41) is 13.2. The highest BCUT2D eigenvalue weighted by atomic mass is 79.9. The van der Waals surface area contributed by atoms with Crippen LogP contribution in [0.3, 0.4) is 0 Å². The van der Waals surface area contributed by atoms with Crippen molar-refractivity contribution in [1.29, 1.82) is 0 Å². The fourth-order valence-electron chi connectivity index (χ4n) is 2.21. The van der Waals surface area contributed by atoms with Crippen molar-refractivity contribution in [2.75, 3.05) is 5.32 Å². The number of aliphatic hydroxyl groups excluding tert-OH is 1. The van der Waals surface area contributed by atoms with Crippen LogP contribution in [0.25, 0.3) is 0 Å². The van der Waals surface area contributed by atoms with Crippen molar-refractivity contribution in [2.45, 2.75) is 39.0 Å². The first-order valence-electron chi connectivity index (χ1n) is 6.10. The molecule has 0 spiro atoms. The third-order valence-electron chi connectivity index (χ3n) is 3.76. The van der Waals surface area contributed by atoms with Crippen LogP contribution in [0.2, 0.25) is 5.02 Å². The lowest BCUT2D eigenvalue weighted by molar-refractivity contribution is -0.0544. The van der Waals surface area contributed by atoms with Crippen molar-refractivity contribution < 1.29 is 18.6 Å². The lowest BCUT2D eigenvalue weighted by Crippen LogP contribution is -2.56. The van der Waals surface area contributed by atoms with E-state index in [0.717, 1.165) is 0 Å². The largest absolute Gasteiger partial charge is 0.431 e. The van der Waals surface area contributed by atoms with Crippen molar-refractivity contribution in [3.63, 3.8) is 0 Å². The molecule has 0 amide bonds. The fraction of sp³-hybridized carbons (Fsp3) is 0.538. The van der Waals surface area contributed by atoms with Crippen molar-refractivity contribution in [2.24, 2.45) is 5.41 Å². The monoisotopic (exact) mass is 369 g/mol. The van der Waals surface area contributed by atoms with E-state index in [2.05, 4.69) is 26.0 Å². The summed E-state index contributed by atoms with van der Waals surface area (Å²) < 4.78 is 29.9. The molecule has 1 saturated carbocycles. The second-order valence-corrected chi connectivity index (χ2v) is 6.70. The van der Waals surface area contributed by atoms with Gasteiger partial charge in [-0.1, -0.05) is 25.4 Å². The van der Waals surface area contributed by atoms with Crippen molar-refractivity contribution >= 4 is 33.2 Å². The molecule has 1 aliphatic rings. The molecule has 20 heavy (non-hydrogen) atoms. The molecule has 0 aliphatic heterocycles. The van der Waals surface area contributed by atoms with Gasteiger partial charge in [-0.05, 0) is 34.5 Å². The molecule has 2 atom stereocenters. The van der Waals surface area contributed by atoms with E-state index in [1.54, 1.807) is 0 Å². The number of alkyl halides is 2. The molecule has 1 aromatic rings. The molecule has 1 aliphatic carbocycles. The van der Waals surface area contributed by atoms with Gasteiger partial charge in [0.05, 0.1) is 16.3 Å². The fourth-order valence-corrected chi connectivity index (χ4v) is 3.12. The summed E-state index contributed by atoms with van der Waals surface area (Å²) in [4.78, 5) is 0. The molecule has 0 saturated heterocycles. The molecular weight excluding hydrogens is 356 g/mol. The smallest absolute Gasteiger partial charge is 0.387 e. The van der Waals surface area contributed by atoms with Crippen LogP contribution in [-0.4, -0.2) is 23.9 Å². The zero-order valence-electron chi connectivity index (χ0n) is 11.0. The summed E-state index contributed by atoms with van der Waals surface area (Å²) in [6.07, 6.45) is 0.132. The summed E-state index contributed by atoms with van der Waals surface area (Å²) in [6, 6.07) is 2.98. The molecular formula is C13H15BrClF2NO2. The van der Waals surface area contributed by atoms with Gasteiger partial charge < -0.3 is 15.2 Å². The highest BCUT2D eigenvalue weighted by molar-refractivity contribution is 9.10. The summed E-state index contributed by atoms with van der Waals surface area (Å²) in [5.74, 6) is 0.0154. The Morgan fingerprint density at radius 3 is 2.65 bits per heavy atom. The molecule has 7 heteroatoms. The van der Waals surface area contributed by atoms with Gasteiger partial charge in [0.25, 0.3) is 0 Å². The SMILES string of the molecule is CC1(C)C(O)CC1Nc1cc(Cl)cc(Br)c1OC(F)F. The summed E-state index contributed by atoms with van der Waals surface area (Å²) in [7, 11) is 0. The minimum Gasteiger partial charge on any atom is -0.431 e. The number of rotatable bonds is 4. The molecule has 1 aromatic carbocycles. The Labute approximate surface area is 129 Å². The Morgan fingerprint density at radius 1 is 1.50 bits per heavy atom. The third kappa shape index (κ3) is 3.02. The minimum atomic E-state index is -2.92. The van der Waals surface area contributed by atoms with Crippen LogP contribution >= 0.6 is 27.5 Å². The van der Waals surface area contributed by atoms with Gasteiger partial charge in [0.15, 0.2) is 5.75 Å². The predicted molar refractivity (Wildman–Crippen MR) is 77.6 cm³/mol. The normalized spacial score (nSPS) is 24.4. The van der Waals surface area contributed by atoms with Crippen LogP contribution in [0.1, 0.15) is 20.3 Å². The molecule has 0 radical (unpaired) electrons. The predicted octanol–water partition coefficient (Wildman–Crippen LogP) is 4.28. The zero-order valence-corrected chi connectivity index (χ0v) is 13.3. The number of nitrogens with one attached hydrogen (secondary N) is 1. The Bertz CT molecular complexity index is 513. The third-order valence-corrected chi connectivity index (χ3v) is 4.57. The van der Waals surface area contributed by atoms with E-state index in [4.69, 9.17) is 11.6 Å². The number of hydrogen-bond acceptors (Lipinski definition) is 3. The van der Waals surface area contributed by atoms with Gasteiger partial charge in [-0.2, -0.15) is 8.78 Å². The maximum atomic E-state index is 12.5. The number of hydrogen-bond donors (Lipinski definition) is 2. The highest BCUT2D eigenvalue weighted by Gasteiger charge is 2.47. The van der Waals surface area contributed by atoms with E-state index in [1.165, 1.54) is 12.1 Å². The van der Waals surface area contributed by atoms with Crippen LogP contribution in [0.15, 0.2) is 16.6 Å². The van der Waals surface area contributed by atoms with E-state index in [9.17, 15) is 13.9 Å². The molecule has 2 unspecified atom stereocenters. The summed E-state index contributed by atoms with van der Waals surface area (Å²) in [5.41, 5.74) is 0.0475. The molecule has 0 bridgehead atoms. The molecule has 1 fully saturated rings. The molecule has 2 rings (SSSR count). The van der Waals surface area contributed by atoms with Crippen molar-refractivity contribution in [3.05, 3.63) is 21.6 Å². The summed E-state index contributed by atoms with van der Waals surface area (Å²) >= 11 is 9.11. The average Bonchev–Trinajstić information content (AvgIpc) is 2.32. The Balaban J connectivity index is 2.26. The first-order chi connectivity index (χ1) is 9.21. The highest BCUT2D eigenvalue weighted by Crippen LogP contribution is 2.45. The number of aliphatic hydroxyl groups is 1. The van der Waals surface area contributed by atoms with Gasteiger partial charge in [-0.3, -0.25) is 0 Å². The van der Waals surface area contributed by atoms with E-state index >= 15 is 0 Å².